The molecule has 220 valence electrons. The number of aromatic nitrogens is 2. The van der Waals surface area contributed by atoms with E-state index in [1.807, 2.05) is 4.40 Å². The summed E-state index contributed by atoms with van der Waals surface area (Å²) in [4.78, 5) is 20.2. The van der Waals surface area contributed by atoms with E-state index in [1.165, 1.54) is 59.8 Å². The average Bonchev–Trinajstić information content (AvgIpc) is 3.74. The van der Waals surface area contributed by atoms with Crippen LogP contribution in [-0.4, -0.2) is 9.38 Å². The van der Waals surface area contributed by atoms with Crippen LogP contribution < -0.4 is 5.56 Å². The van der Waals surface area contributed by atoms with Gasteiger partial charge in [0, 0.05) is 5.39 Å². The summed E-state index contributed by atoms with van der Waals surface area (Å²) in [5, 5.41) is 13.8. The Hall–Kier alpha value is -5.80. The molecule has 9 aromatic carbocycles. The van der Waals surface area contributed by atoms with Gasteiger partial charge in [0.15, 0.2) is 0 Å². The Kier molecular flexibility index (Phi) is 4.49. The Morgan fingerprint density at radius 1 is 0.532 bits per heavy atom. The molecule has 47 heavy (non-hydrogen) atoms. The zero-order valence-corrected chi connectivity index (χ0v) is 26.3. The van der Waals surface area contributed by atoms with Gasteiger partial charge in [0.2, 0.25) is 0 Å². The Labute approximate surface area is 269 Å². The van der Waals surface area contributed by atoms with Crippen molar-refractivity contribution in [1.82, 2.24) is 9.38 Å². The predicted molar refractivity (Wildman–Crippen MR) is 198 cm³/mol. The van der Waals surface area contributed by atoms with Crippen LogP contribution >= 0.6 is 0 Å². The fourth-order valence-corrected chi connectivity index (χ4v) is 8.63. The highest BCUT2D eigenvalue weighted by Gasteiger charge is 2.29. The summed E-state index contributed by atoms with van der Waals surface area (Å²) in [5.74, 6) is 0. The molecule has 0 unspecified atom stereocenters. The van der Waals surface area contributed by atoms with Gasteiger partial charge in [-0.1, -0.05) is 112 Å². The molecular weight excluding hydrogens is 572 g/mol. The molecule has 0 spiro atoms. The summed E-state index contributed by atoms with van der Waals surface area (Å²) in [6.07, 6.45) is 0. The molecule has 0 aliphatic carbocycles. The van der Waals surface area contributed by atoms with Crippen LogP contribution in [0.25, 0.3) is 104 Å². The Bertz CT molecular complexity index is 3090. The molecule has 2 aromatic heterocycles. The van der Waals surface area contributed by atoms with Gasteiger partial charge in [-0.2, -0.15) is 0 Å². The number of hydrogen-bond acceptors (Lipinski definition) is 2. The Balaban J connectivity index is 1.45. The van der Waals surface area contributed by atoms with E-state index in [-0.39, 0.29) is 11.0 Å². The summed E-state index contributed by atoms with van der Waals surface area (Å²) in [6, 6.07) is 41.4. The smallest absolute Gasteiger partial charge is 0.265 e. The normalized spacial score (nSPS) is 13.1. The predicted octanol–water partition coefficient (Wildman–Crippen LogP) is 11.1. The third-order valence-electron chi connectivity index (χ3n) is 10.8. The number of fused-ring (bicyclic) bond motifs is 7. The molecule has 0 radical (unpaired) electrons. The second-order valence-corrected chi connectivity index (χ2v) is 14.3. The van der Waals surface area contributed by atoms with E-state index < -0.39 is 0 Å². The van der Waals surface area contributed by atoms with Crippen LogP contribution in [0.4, 0.5) is 0 Å². The lowest BCUT2D eigenvalue weighted by atomic mass is 9.87. The number of rotatable bonds is 2. The second-order valence-electron chi connectivity index (χ2n) is 14.3. The largest absolute Gasteiger partial charge is 0.268 e. The van der Waals surface area contributed by atoms with Crippen molar-refractivity contribution in [1.29, 1.82) is 0 Å². The minimum absolute atomic E-state index is 0.00533. The van der Waals surface area contributed by atoms with Crippen LogP contribution in [0.5, 0.6) is 0 Å². The molecule has 3 nitrogen and oxygen atoms in total. The van der Waals surface area contributed by atoms with Gasteiger partial charge in [-0.15, -0.1) is 0 Å². The Morgan fingerprint density at radius 3 is 1.66 bits per heavy atom. The van der Waals surface area contributed by atoms with Crippen LogP contribution in [0.15, 0.2) is 120 Å². The van der Waals surface area contributed by atoms with Crippen LogP contribution in [0.1, 0.15) is 26.3 Å². The topological polar surface area (TPSA) is 34.4 Å². The molecule has 0 aliphatic heterocycles. The molecule has 3 heteroatoms. The molecule has 0 fully saturated rings. The van der Waals surface area contributed by atoms with Gasteiger partial charge in [0.25, 0.3) is 5.56 Å². The first-order valence-corrected chi connectivity index (χ1v) is 16.4. The standard InChI is InChI=1S/C44H28N2O/c1-44(2,3)26-16-19-34-33(20-26)45-42-40-31-21-29(23-10-6-4-7-11-23)27-17-14-25-15-18-28-30(24-12-8-5-9-13-24)22-32(41(40)43(47)46(34)42)39-37(28)35(25)36(27)38(31)39/h4-22H,1-3H3. The monoisotopic (exact) mass is 600 g/mol. The highest BCUT2D eigenvalue weighted by atomic mass is 16.1. The van der Waals surface area contributed by atoms with Crippen molar-refractivity contribution in [3.63, 3.8) is 0 Å². The minimum atomic E-state index is -0.0221. The highest BCUT2D eigenvalue weighted by molar-refractivity contribution is 6.50. The molecule has 2 heterocycles. The maximum absolute atomic E-state index is 14.9. The van der Waals surface area contributed by atoms with Gasteiger partial charge < -0.3 is 0 Å². The zero-order chi connectivity index (χ0) is 31.3. The molecule has 0 bridgehead atoms. The lowest BCUT2D eigenvalue weighted by molar-refractivity contribution is 0.591. The van der Waals surface area contributed by atoms with Crippen molar-refractivity contribution < 1.29 is 0 Å². The van der Waals surface area contributed by atoms with Crippen molar-refractivity contribution in [2.75, 3.05) is 0 Å². The Morgan fingerprint density at radius 2 is 1.09 bits per heavy atom. The van der Waals surface area contributed by atoms with E-state index in [2.05, 4.69) is 136 Å². The van der Waals surface area contributed by atoms with Crippen molar-refractivity contribution in [3.05, 3.63) is 131 Å². The zero-order valence-electron chi connectivity index (χ0n) is 26.3. The minimum Gasteiger partial charge on any atom is -0.268 e. The van der Waals surface area contributed by atoms with Gasteiger partial charge in [-0.25, -0.2) is 4.98 Å². The van der Waals surface area contributed by atoms with Crippen molar-refractivity contribution in [3.8, 4) is 22.3 Å². The van der Waals surface area contributed by atoms with E-state index >= 15 is 0 Å². The molecule has 0 aliphatic rings. The quantitative estimate of drug-likeness (QED) is 0.185. The van der Waals surface area contributed by atoms with Crippen LogP contribution in [0.2, 0.25) is 0 Å². The van der Waals surface area contributed by atoms with E-state index in [4.69, 9.17) is 4.98 Å². The molecule has 0 saturated heterocycles. The van der Waals surface area contributed by atoms with Crippen molar-refractivity contribution in [2.24, 2.45) is 0 Å². The van der Waals surface area contributed by atoms with Crippen LogP contribution in [-0.2, 0) is 5.41 Å². The molecule has 0 saturated carbocycles. The van der Waals surface area contributed by atoms with Gasteiger partial charge in [-0.3, -0.25) is 9.20 Å². The lowest BCUT2D eigenvalue weighted by Crippen LogP contribution is -2.11. The first kappa shape index (κ1) is 25.4. The maximum atomic E-state index is 14.9. The van der Waals surface area contributed by atoms with Crippen LogP contribution in [0, 0.1) is 0 Å². The van der Waals surface area contributed by atoms with Crippen molar-refractivity contribution in [2.45, 2.75) is 26.2 Å². The van der Waals surface area contributed by atoms with Gasteiger partial charge in [0.05, 0.1) is 16.4 Å². The lowest BCUT2D eigenvalue weighted by Gasteiger charge is -2.18. The van der Waals surface area contributed by atoms with Gasteiger partial charge in [0.1, 0.15) is 5.65 Å². The fraction of sp³-hybridized carbons (Fsp3) is 0.0909. The molecule has 0 atom stereocenters. The van der Waals surface area contributed by atoms with Crippen LogP contribution in [0.3, 0.4) is 0 Å². The van der Waals surface area contributed by atoms with E-state index in [1.54, 1.807) is 0 Å². The second kappa shape index (κ2) is 8.31. The fourth-order valence-electron chi connectivity index (χ4n) is 8.63. The van der Waals surface area contributed by atoms with E-state index in [9.17, 15) is 4.79 Å². The number of imidazole rings is 1. The molecule has 11 aromatic rings. The van der Waals surface area contributed by atoms with Crippen molar-refractivity contribution >= 4 is 81.3 Å². The first-order chi connectivity index (χ1) is 22.9. The summed E-state index contributed by atoms with van der Waals surface area (Å²) < 4.78 is 1.87. The number of hydrogen-bond donors (Lipinski definition) is 0. The molecule has 0 N–H and O–H groups in total. The third-order valence-corrected chi connectivity index (χ3v) is 10.8. The molecule has 0 amide bonds. The van der Waals surface area contributed by atoms with E-state index in [0.29, 0.717) is 0 Å². The summed E-state index contributed by atoms with van der Waals surface area (Å²) in [7, 11) is 0. The van der Waals surface area contributed by atoms with Gasteiger partial charge >= 0.3 is 0 Å². The highest BCUT2D eigenvalue weighted by Crippen LogP contribution is 2.54. The summed E-state index contributed by atoms with van der Waals surface area (Å²) in [5.41, 5.74) is 8.33. The third kappa shape index (κ3) is 3.03. The molecule has 11 rings (SSSR count). The van der Waals surface area contributed by atoms with E-state index in [0.717, 1.165) is 49.4 Å². The summed E-state index contributed by atoms with van der Waals surface area (Å²) in [6.45, 7) is 6.65. The first-order valence-electron chi connectivity index (χ1n) is 16.4. The number of benzene rings is 8. The maximum Gasteiger partial charge on any atom is 0.265 e. The average molecular weight is 601 g/mol. The number of nitrogens with zero attached hydrogens (tertiary/aromatic N) is 2. The SMILES string of the molecule is CC(C)(C)c1ccc2c(c1)nc1c3c4cc(-c5ccccc5)c5ccc6ccc7c(-c8ccccc8)cc(c3c(=O)n21)c1c7c6c5c41. The molecular formula is C44H28N2O. The summed E-state index contributed by atoms with van der Waals surface area (Å²) >= 11 is 0. The van der Waals surface area contributed by atoms with Gasteiger partial charge in [-0.05, 0) is 111 Å².